The number of methoxy groups -OCH3 is 2. The molecule has 0 aliphatic heterocycles. The number of nitrogens with one attached hydrogen (secondary N) is 1. The van der Waals surface area contributed by atoms with Crippen molar-refractivity contribution in [2.24, 2.45) is 10.7 Å². The first-order valence-electron chi connectivity index (χ1n) is 7.63. The van der Waals surface area contributed by atoms with E-state index in [9.17, 15) is 0 Å². The maximum absolute atomic E-state index is 5.87. The third-order valence-electron chi connectivity index (χ3n) is 3.29. The van der Waals surface area contributed by atoms with Crippen LogP contribution in [0.3, 0.4) is 0 Å². The molecule has 0 saturated carbocycles. The minimum absolute atomic E-state index is 0. The van der Waals surface area contributed by atoms with Crippen molar-refractivity contribution in [2.45, 2.75) is 6.61 Å². The Labute approximate surface area is 165 Å². The van der Waals surface area contributed by atoms with Crippen LogP contribution in [0.15, 0.2) is 53.5 Å². The van der Waals surface area contributed by atoms with Gasteiger partial charge >= 0.3 is 0 Å². The summed E-state index contributed by atoms with van der Waals surface area (Å²) in [7, 11) is 3.18. The molecular weight excluding hydrogens is 433 g/mol. The van der Waals surface area contributed by atoms with Crippen LogP contribution in [-0.2, 0) is 11.3 Å². The van der Waals surface area contributed by atoms with Crippen molar-refractivity contribution < 1.29 is 14.2 Å². The van der Waals surface area contributed by atoms with Crippen molar-refractivity contribution in [3.63, 3.8) is 0 Å². The fraction of sp³-hybridized carbons (Fsp3) is 0.278. The Balaban J connectivity index is 0.00000312. The van der Waals surface area contributed by atoms with Gasteiger partial charge in [0.2, 0.25) is 0 Å². The monoisotopic (exact) mass is 457 g/mol. The summed E-state index contributed by atoms with van der Waals surface area (Å²) < 4.78 is 16.0. The molecule has 0 radical (unpaired) electrons. The predicted molar refractivity (Wildman–Crippen MR) is 111 cm³/mol. The van der Waals surface area contributed by atoms with E-state index >= 15 is 0 Å². The highest BCUT2D eigenvalue weighted by molar-refractivity contribution is 14.0. The highest BCUT2D eigenvalue weighted by Gasteiger charge is 2.04. The predicted octanol–water partition coefficient (Wildman–Crippen LogP) is 3.27. The van der Waals surface area contributed by atoms with Gasteiger partial charge in [0.05, 0.1) is 34.0 Å². The van der Waals surface area contributed by atoms with E-state index in [1.165, 1.54) is 0 Å². The van der Waals surface area contributed by atoms with E-state index in [1.54, 1.807) is 26.4 Å². The molecule has 0 spiro atoms. The van der Waals surface area contributed by atoms with Gasteiger partial charge in [-0.1, -0.05) is 30.3 Å². The van der Waals surface area contributed by atoms with Crippen LogP contribution in [0.25, 0.3) is 0 Å². The van der Waals surface area contributed by atoms with Gasteiger partial charge in [-0.25, -0.2) is 0 Å². The van der Waals surface area contributed by atoms with E-state index in [2.05, 4.69) is 10.3 Å². The standard InChI is InChI=1S/C18H23N3O3.HI/c1-22-16-9-8-15(12-17(16)23-2)21-18(19)20-10-11-24-13-14-6-4-3-5-7-14;/h3-9,12H,10-11,13H2,1-2H3,(H3,19,20,21);1H. The number of guanidine groups is 1. The molecule has 0 bridgehead atoms. The number of anilines is 1. The summed E-state index contributed by atoms with van der Waals surface area (Å²) in [5.41, 5.74) is 7.79. The highest BCUT2D eigenvalue weighted by Crippen LogP contribution is 2.29. The zero-order chi connectivity index (χ0) is 17.2. The molecule has 0 aromatic heterocycles. The first-order valence-corrected chi connectivity index (χ1v) is 7.63. The summed E-state index contributed by atoms with van der Waals surface area (Å²) in [6.45, 7) is 1.56. The molecular formula is C18H24IN3O3. The SMILES string of the molecule is COc1ccc(NC(N)=NCCOCc2ccccc2)cc1OC.I. The third-order valence-corrected chi connectivity index (χ3v) is 3.29. The Bertz CT molecular complexity index is 666. The number of benzene rings is 2. The minimum atomic E-state index is 0. The quantitative estimate of drug-likeness (QED) is 0.276. The molecule has 0 atom stereocenters. The van der Waals surface area contributed by atoms with Crippen LogP contribution in [0, 0.1) is 0 Å². The zero-order valence-electron chi connectivity index (χ0n) is 14.4. The summed E-state index contributed by atoms with van der Waals surface area (Å²) >= 11 is 0. The van der Waals surface area contributed by atoms with Crippen LogP contribution < -0.4 is 20.5 Å². The second kappa shape index (κ2) is 11.5. The van der Waals surface area contributed by atoms with Crippen LogP contribution >= 0.6 is 24.0 Å². The van der Waals surface area contributed by atoms with Crippen LogP contribution in [0.5, 0.6) is 11.5 Å². The van der Waals surface area contributed by atoms with E-state index in [4.69, 9.17) is 19.9 Å². The Morgan fingerprint density at radius 3 is 2.44 bits per heavy atom. The lowest BCUT2D eigenvalue weighted by Gasteiger charge is -2.11. The summed E-state index contributed by atoms with van der Waals surface area (Å²) in [4.78, 5) is 4.23. The second-order valence-corrected chi connectivity index (χ2v) is 5.00. The minimum Gasteiger partial charge on any atom is -0.493 e. The number of halogens is 1. The molecule has 0 aliphatic rings. The summed E-state index contributed by atoms with van der Waals surface area (Å²) in [5, 5.41) is 3.01. The van der Waals surface area contributed by atoms with Gasteiger partial charge in [0, 0.05) is 11.8 Å². The summed E-state index contributed by atoms with van der Waals surface area (Å²) in [6.07, 6.45) is 0. The lowest BCUT2D eigenvalue weighted by molar-refractivity contribution is 0.128. The third kappa shape index (κ3) is 7.18. The average Bonchev–Trinajstić information content (AvgIpc) is 2.62. The fourth-order valence-corrected chi connectivity index (χ4v) is 2.10. The number of rotatable bonds is 8. The van der Waals surface area contributed by atoms with E-state index in [1.807, 2.05) is 36.4 Å². The van der Waals surface area contributed by atoms with Gasteiger partial charge in [-0.2, -0.15) is 0 Å². The Hall–Kier alpha value is -2.00. The summed E-state index contributed by atoms with van der Waals surface area (Å²) in [6, 6.07) is 15.4. The molecule has 0 saturated heterocycles. The van der Waals surface area contributed by atoms with Crippen molar-refractivity contribution in [3.8, 4) is 11.5 Å². The van der Waals surface area contributed by atoms with E-state index in [-0.39, 0.29) is 24.0 Å². The Morgan fingerprint density at radius 1 is 1.04 bits per heavy atom. The van der Waals surface area contributed by atoms with Crippen molar-refractivity contribution in [3.05, 3.63) is 54.1 Å². The molecule has 7 heteroatoms. The topological polar surface area (TPSA) is 78.1 Å². The average molecular weight is 457 g/mol. The number of ether oxygens (including phenoxy) is 3. The van der Waals surface area contributed by atoms with Gasteiger partial charge in [-0.05, 0) is 17.7 Å². The Morgan fingerprint density at radius 2 is 1.76 bits per heavy atom. The molecule has 2 aromatic rings. The molecule has 0 fully saturated rings. The van der Waals surface area contributed by atoms with Crippen LogP contribution in [0.2, 0.25) is 0 Å². The van der Waals surface area contributed by atoms with E-state index < -0.39 is 0 Å². The first-order chi connectivity index (χ1) is 11.7. The molecule has 3 N–H and O–H groups in total. The highest BCUT2D eigenvalue weighted by atomic mass is 127. The van der Waals surface area contributed by atoms with Crippen molar-refractivity contribution in [2.75, 3.05) is 32.7 Å². The molecule has 25 heavy (non-hydrogen) atoms. The number of hydrogen-bond donors (Lipinski definition) is 2. The van der Waals surface area contributed by atoms with Gasteiger partial charge in [-0.3, -0.25) is 4.99 Å². The first kappa shape index (κ1) is 21.0. The van der Waals surface area contributed by atoms with Crippen molar-refractivity contribution in [1.82, 2.24) is 0 Å². The van der Waals surface area contributed by atoms with Crippen molar-refractivity contribution >= 4 is 35.6 Å². The fourth-order valence-electron chi connectivity index (χ4n) is 2.10. The molecule has 0 amide bonds. The largest absolute Gasteiger partial charge is 0.493 e. The van der Waals surface area contributed by atoms with Crippen molar-refractivity contribution in [1.29, 1.82) is 0 Å². The van der Waals surface area contributed by atoms with Crippen LogP contribution in [0.4, 0.5) is 5.69 Å². The maximum Gasteiger partial charge on any atom is 0.193 e. The Kier molecular flexibility index (Phi) is 9.71. The molecule has 0 unspecified atom stereocenters. The van der Waals surface area contributed by atoms with Crippen LogP contribution in [0.1, 0.15) is 5.56 Å². The molecule has 2 aromatic carbocycles. The molecule has 2 rings (SSSR count). The van der Waals surface area contributed by atoms with Crippen LogP contribution in [-0.4, -0.2) is 33.3 Å². The number of nitrogens with two attached hydrogens (primary N) is 1. The molecule has 0 aliphatic carbocycles. The maximum atomic E-state index is 5.87. The molecule has 136 valence electrons. The normalized spacial score (nSPS) is 10.7. The zero-order valence-corrected chi connectivity index (χ0v) is 16.7. The van der Waals surface area contributed by atoms with Gasteiger partial charge in [0.25, 0.3) is 0 Å². The lowest BCUT2D eigenvalue weighted by Crippen LogP contribution is -2.23. The lowest BCUT2D eigenvalue weighted by atomic mass is 10.2. The van der Waals surface area contributed by atoms with Gasteiger partial charge in [0.1, 0.15) is 0 Å². The van der Waals surface area contributed by atoms with E-state index in [0.29, 0.717) is 37.2 Å². The molecule has 0 heterocycles. The van der Waals surface area contributed by atoms with E-state index in [0.717, 1.165) is 11.3 Å². The van der Waals surface area contributed by atoms with Gasteiger partial charge < -0.3 is 25.3 Å². The number of aliphatic imine (C=N–C) groups is 1. The number of hydrogen-bond acceptors (Lipinski definition) is 4. The summed E-state index contributed by atoms with van der Waals surface area (Å²) in [5.74, 6) is 1.61. The van der Waals surface area contributed by atoms with Gasteiger partial charge in [0.15, 0.2) is 17.5 Å². The number of nitrogens with zero attached hydrogens (tertiary/aromatic N) is 1. The smallest absolute Gasteiger partial charge is 0.193 e. The molecule has 6 nitrogen and oxygen atoms in total. The van der Waals surface area contributed by atoms with Gasteiger partial charge in [-0.15, -0.1) is 24.0 Å². The second-order valence-electron chi connectivity index (χ2n) is 5.00.